The summed E-state index contributed by atoms with van der Waals surface area (Å²) in [5.74, 6) is -0.624. The maximum absolute atomic E-state index is 12.4. The fourth-order valence-electron chi connectivity index (χ4n) is 3.86. The maximum atomic E-state index is 12.4. The molecule has 9 nitrogen and oxygen atoms in total. The molecule has 1 aliphatic rings. The molecule has 2 aromatic carbocycles. The van der Waals surface area contributed by atoms with E-state index in [0.29, 0.717) is 41.2 Å². The van der Waals surface area contributed by atoms with Crippen molar-refractivity contribution in [2.45, 2.75) is 38.4 Å². The Morgan fingerprint density at radius 3 is 2.74 bits per heavy atom. The molecule has 1 aliphatic heterocycles. The SMILES string of the molecule is CN(Cc1cc(CNC(=O)Nc2cc(Cl)cc(CCO)c2)ccc1C=O)C1CCC(=O)NC1=O. The molecular formula is C24H27ClN4O5. The average molecular weight is 487 g/mol. The first-order valence-corrected chi connectivity index (χ1v) is 11.2. The fourth-order valence-corrected chi connectivity index (χ4v) is 4.11. The highest BCUT2D eigenvalue weighted by molar-refractivity contribution is 6.31. The minimum Gasteiger partial charge on any atom is -0.396 e. The molecule has 180 valence electrons. The largest absolute Gasteiger partial charge is 0.396 e. The first kappa shape index (κ1) is 25.4. The van der Waals surface area contributed by atoms with Crippen molar-refractivity contribution in [3.8, 4) is 0 Å². The molecule has 10 heteroatoms. The summed E-state index contributed by atoms with van der Waals surface area (Å²) in [4.78, 5) is 49.2. The van der Waals surface area contributed by atoms with Crippen molar-refractivity contribution in [2.75, 3.05) is 19.0 Å². The van der Waals surface area contributed by atoms with Crippen LogP contribution >= 0.6 is 11.6 Å². The third-order valence-corrected chi connectivity index (χ3v) is 5.78. The Morgan fingerprint density at radius 1 is 1.24 bits per heavy atom. The van der Waals surface area contributed by atoms with Crippen molar-refractivity contribution in [3.63, 3.8) is 0 Å². The summed E-state index contributed by atoms with van der Waals surface area (Å²) in [5, 5.41) is 17.4. The summed E-state index contributed by atoms with van der Waals surface area (Å²) in [6.07, 6.45) is 1.87. The number of aliphatic hydroxyl groups is 1. The number of aldehydes is 1. The Balaban J connectivity index is 1.63. The smallest absolute Gasteiger partial charge is 0.319 e. The number of carbonyl (C=O) groups excluding carboxylic acids is 4. The van der Waals surface area contributed by atoms with Crippen LogP contribution in [0.5, 0.6) is 0 Å². The predicted octanol–water partition coefficient (Wildman–Crippen LogP) is 2.25. The second kappa shape index (κ2) is 11.7. The van der Waals surface area contributed by atoms with Crippen molar-refractivity contribution in [1.82, 2.24) is 15.5 Å². The van der Waals surface area contributed by atoms with Gasteiger partial charge >= 0.3 is 6.03 Å². The topological polar surface area (TPSA) is 128 Å². The molecule has 0 aliphatic carbocycles. The number of piperidine rings is 1. The van der Waals surface area contributed by atoms with E-state index in [4.69, 9.17) is 16.7 Å². The van der Waals surface area contributed by atoms with E-state index in [9.17, 15) is 19.2 Å². The number of halogens is 1. The van der Waals surface area contributed by atoms with Gasteiger partial charge in [0, 0.05) is 42.4 Å². The molecule has 0 bridgehead atoms. The molecular weight excluding hydrogens is 460 g/mol. The standard InChI is InChI=1S/C24H27ClN4O5/c1-29(21-4-5-22(32)28-23(21)33)13-18-8-16(2-3-17(18)14-31)12-26-24(34)27-20-10-15(6-7-30)9-19(25)11-20/h2-3,8-11,14,21,30H,4-7,12-13H2,1H3,(H2,26,27,34)(H,28,32,33). The summed E-state index contributed by atoms with van der Waals surface area (Å²) < 4.78 is 0. The van der Waals surface area contributed by atoms with Gasteiger partial charge in [-0.2, -0.15) is 0 Å². The number of imide groups is 1. The lowest BCUT2D eigenvalue weighted by atomic mass is 10.0. The lowest BCUT2D eigenvalue weighted by Crippen LogP contribution is -2.51. The molecule has 1 atom stereocenters. The van der Waals surface area contributed by atoms with Gasteiger partial charge in [-0.3, -0.25) is 24.6 Å². The van der Waals surface area contributed by atoms with Gasteiger partial charge in [-0.1, -0.05) is 29.8 Å². The molecule has 2 aromatic rings. The molecule has 3 rings (SSSR count). The van der Waals surface area contributed by atoms with E-state index < -0.39 is 12.1 Å². The van der Waals surface area contributed by atoms with Gasteiger partial charge in [0.25, 0.3) is 0 Å². The van der Waals surface area contributed by atoms with Crippen molar-refractivity contribution < 1.29 is 24.3 Å². The third kappa shape index (κ3) is 6.86. The van der Waals surface area contributed by atoms with Crippen molar-refractivity contribution >= 4 is 41.4 Å². The minimum absolute atomic E-state index is 0.0240. The Kier molecular flexibility index (Phi) is 8.75. The van der Waals surface area contributed by atoms with Crippen LogP contribution in [0.4, 0.5) is 10.5 Å². The summed E-state index contributed by atoms with van der Waals surface area (Å²) in [6.45, 7) is 0.518. The highest BCUT2D eigenvalue weighted by atomic mass is 35.5. The lowest BCUT2D eigenvalue weighted by molar-refractivity contribution is -0.137. The number of carbonyl (C=O) groups is 4. The molecule has 1 heterocycles. The van der Waals surface area contributed by atoms with Crippen molar-refractivity contribution in [1.29, 1.82) is 0 Å². The monoisotopic (exact) mass is 486 g/mol. The highest BCUT2D eigenvalue weighted by Gasteiger charge is 2.30. The maximum Gasteiger partial charge on any atom is 0.319 e. The minimum atomic E-state index is -0.460. The van der Waals surface area contributed by atoms with E-state index in [-0.39, 0.29) is 31.4 Å². The quantitative estimate of drug-likeness (QED) is 0.318. The highest BCUT2D eigenvalue weighted by Crippen LogP contribution is 2.20. The van der Waals surface area contributed by atoms with E-state index in [1.165, 1.54) is 0 Å². The summed E-state index contributed by atoms with van der Waals surface area (Å²) in [5.41, 5.74) is 3.29. The van der Waals surface area contributed by atoms with Gasteiger partial charge in [0.15, 0.2) is 0 Å². The van der Waals surface area contributed by atoms with Crippen LogP contribution in [0.1, 0.15) is 39.9 Å². The van der Waals surface area contributed by atoms with Crippen LogP contribution in [0, 0.1) is 0 Å². The Hall–Kier alpha value is -3.27. The zero-order chi connectivity index (χ0) is 24.7. The van der Waals surface area contributed by atoms with E-state index in [0.717, 1.165) is 17.4 Å². The Morgan fingerprint density at radius 2 is 2.03 bits per heavy atom. The molecule has 0 radical (unpaired) electrons. The van der Waals surface area contributed by atoms with E-state index in [1.54, 1.807) is 42.3 Å². The number of amides is 4. The molecule has 1 unspecified atom stereocenters. The van der Waals surface area contributed by atoms with Gasteiger partial charge in [0.1, 0.15) is 6.29 Å². The van der Waals surface area contributed by atoms with Gasteiger partial charge in [-0.25, -0.2) is 4.79 Å². The number of anilines is 1. The Labute approximate surface area is 202 Å². The van der Waals surface area contributed by atoms with Crippen LogP contribution in [0.25, 0.3) is 0 Å². The van der Waals surface area contributed by atoms with Gasteiger partial charge in [-0.05, 0) is 54.8 Å². The van der Waals surface area contributed by atoms with Crippen molar-refractivity contribution in [2.24, 2.45) is 0 Å². The van der Waals surface area contributed by atoms with E-state index in [1.807, 2.05) is 6.07 Å². The molecule has 0 saturated carbocycles. The number of urea groups is 1. The average Bonchev–Trinajstić information content (AvgIpc) is 2.77. The number of benzene rings is 2. The first-order chi connectivity index (χ1) is 16.3. The summed E-state index contributed by atoms with van der Waals surface area (Å²) in [7, 11) is 1.77. The van der Waals surface area contributed by atoms with Crippen molar-refractivity contribution in [3.05, 3.63) is 63.7 Å². The third-order valence-electron chi connectivity index (χ3n) is 5.57. The second-order valence-electron chi connectivity index (χ2n) is 8.16. The van der Waals surface area contributed by atoms with Crippen LogP contribution in [0.2, 0.25) is 5.02 Å². The Bertz CT molecular complexity index is 1090. The van der Waals surface area contributed by atoms with Gasteiger partial charge in [0.05, 0.1) is 6.04 Å². The number of hydrogen-bond donors (Lipinski definition) is 4. The molecule has 0 spiro atoms. The zero-order valence-corrected chi connectivity index (χ0v) is 19.5. The number of likely N-dealkylation sites (N-methyl/N-ethyl adjacent to an activating group) is 1. The van der Waals surface area contributed by atoms with Crippen LogP contribution in [0.15, 0.2) is 36.4 Å². The molecule has 34 heavy (non-hydrogen) atoms. The summed E-state index contributed by atoms with van der Waals surface area (Å²) in [6, 6.07) is 9.42. The lowest BCUT2D eigenvalue weighted by Gasteiger charge is -2.30. The van der Waals surface area contributed by atoms with Crippen LogP contribution < -0.4 is 16.0 Å². The number of nitrogens with zero attached hydrogens (tertiary/aromatic N) is 1. The number of hydrogen-bond acceptors (Lipinski definition) is 6. The molecule has 4 amide bonds. The van der Waals surface area contributed by atoms with Gasteiger partial charge in [-0.15, -0.1) is 0 Å². The van der Waals surface area contributed by atoms with E-state index >= 15 is 0 Å². The normalized spacial score (nSPS) is 15.7. The van der Waals surface area contributed by atoms with E-state index in [2.05, 4.69) is 16.0 Å². The fraction of sp³-hybridized carbons (Fsp3) is 0.333. The first-order valence-electron chi connectivity index (χ1n) is 10.8. The molecule has 1 fully saturated rings. The second-order valence-corrected chi connectivity index (χ2v) is 8.60. The number of nitrogens with one attached hydrogen (secondary N) is 3. The summed E-state index contributed by atoms with van der Waals surface area (Å²) >= 11 is 6.07. The predicted molar refractivity (Wildman–Crippen MR) is 128 cm³/mol. The van der Waals surface area contributed by atoms with Gasteiger partial charge in [0.2, 0.25) is 11.8 Å². The number of aliphatic hydroxyl groups excluding tert-OH is 1. The van der Waals surface area contributed by atoms with Crippen LogP contribution in [0.3, 0.4) is 0 Å². The molecule has 1 saturated heterocycles. The zero-order valence-electron chi connectivity index (χ0n) is 18.8. The number of rotatable bonds is 9. The van der Waals surface area contributed by atoms with Crippen LogP contribution in [-0.4, -0.2) is 53.8 Å². The van der Waals surface area contributed by atoms with Gasteiger partial charge < -0.3 is 15.7 Å². The molecule has 0 aromatic heterocycles. The molecule has 4 N–H and O–H groups in total. The van der Waals surface area contributed by atoms with Crippen LogP contribution in [-0.2, 0) is 29.1 Å².